The van der Waals surface area contributed by atoms with Crippen LogP contribution in [0.1, 0.15) is 27.2 Å². The van der Waals surface area contributed by atoms with Crippen LogP contribution in [0.25, 0.3) is 0 Å². The van der Waals surface area contributed by atoms with Gasteiger partial charge in [-0.15, -0.1) is 0 Å². The average molecular weight is 217 g/mol. The highest BCUT2D eigenvalue weighted by atomic mass is 32.2. The molecule has 0 heterocycles. The van der Waals surface area contributed by atoms with Gasteiger partial charge in [-0.1, -0.05) is 32.5 Å². The van der Waals surface area contributed by atoms with E-state index in [2.05, 4.69) is 5.32 Å². The van der Waals surface area contributed by atoms with Crippen LogP contribution in [0.4, 0.5) is 0 Å². The lowest BCUT2D eigenvalue weighted by molar-refractivity contribution is -0.121. The molecule has 0 radical (unpaired) electrons. The Bertz CT molecular complexity index is 223. The Hall–Kier alpha value is -0.550. The Morgan fingerprint density at radius 1 is 1.57 bits per heavy atom. The van der Waals surface area contributed by atoms with Crippen molar-refractivity contribution in [3.05, 3.63) is 0 Å². The Kier molecular flexibility index (Phi) is 5.15. The molecule has 0 spiro atoms. The molecule has 4 N–H and O–H groups in total. The van der Waals surface area contributed by atoms with E-state index in [0.29, 0.717) is 6.42 Å². The molecule has 82 valence electrons. The third-order valence-corrected chi connectivity index (χ3v) is 2.12. The molecule has 0 saturated heterocycles. The summed E-state index contributed by atoms with van der Waals surface area (Å²) in [5.41, 5.74) is 5.71. The number of amides is 1. The summed E-state index contributed by atoms with van der Waals surface area (Å²) in [5, 5.41) is 9.84. The monoisotopic (exact) mass is 217 g/mol. The number of thioether (sulfide) groups is 1. The van der Waals surface area contributed by atoms with Gasteiger partial charge in [0, 0.05) is 0 Å². The molecule has 4 nitrogen and oxygen atoms in total. The molecule has 0 aliphatic carbocycles. The van der Waals surface area contributed by atoms with Gasteiger partial charge in [0.2, 0.25) is 5.91 Å². The Morgan fingerprint density at radius 3 is 2.43 bits per heavy atom. The number of carbonyl (C=O) groups is 1. The predicted octanol–water partition coefficient (Wildman–Crippen LogP) is 1.16. The van der Waals surface area contributed by atoms with Gasteiger partial charge in [0.05, 0.1) is 6.04 Å². The first kappa shape index (κ1) is 13.4. The number of carbonyl (C=O) groups excluding carboxylic acids is 1. The minimum atomic E-state index is -0.539. The molecule has 1 unspecified atom stereocenters. The summed E-state index contributed by atoms with van der Waals surface area (Å²) in [7, 11) is 0. The minimum absolute atomic E-state index is 0.0261. The van der Waals surface area contributed by atoms with E-state index in [4.69, 9.17) is 11.1 Å². The lowest BCUT2D eigenvalue weighted by atomic mass is 9.88. The molecule has 0 aromatic rings. The molecule has 0 bridgehead atoms. The molecule has 0 aliphatic heterocycles. The molecule has 1 atom stereocenters. The Morgan fingerprint density at radius 2 is 2.07 bits per heavy atom. The number of nitrogens with two attached hydrogens (primary N) is 1. The Balaban J connectivity index is 4.07. The Labute approximate surface area is 89.5 Å². The zero-order valence-electron chi connectivity index (χ0n) is 9.18. The summed E-state index contributed by atoms with van der Waals surface area (Å²) in [6.45, 7) is 6.08. The van der Waals surface area contributed by atoms with Gasteiger partial charge in [-0.05, 0) is 18.1 Å². The summed E-state index contributed by atoms with van der Waals surface area (Å²) in [5.74, 6) is -0.278. The fraction of sp³-hybridized carbons (Fsp3) is 0.778. The normalized spacial score (nSPS) is 13.5. The lowest BCUT2D eigenvalue weighted by Crippen LogP contribution is -2.44. The smallest absolute Gasteiger partial charge is 0.242 e. The standard InChI is InChI=1S/C9H19N3OS/c1-9(2,3)5-6(10)7(13)12-8(11)14-4/h6H,5,10H2,1-4H3,(H2,11,12,13). The van der Waals surface area contributed by atoms with Gasteiger partial charge >= 0.3 is 0 Å². The van der Waals surface area contributed by atoms with E-state index in [0.717, 1.165) is 0 Å². The van der Waals surface area contributed by atoms with Crippen molar-refractivity contribution in [2.75, 3.05) is 6.26 Å². The molecule has 1 amide bonds. The van der Waals surface area contributed by atoms with E-state index in [1.54, 1.807) is 6.26 Å². The van der Waals surface area contributed by atoms with E-state index in [9.17, 15) is 4.79 Å². The molecule has 14 heavy (non-hydrogen) atoms. The van der Waals surface area contributed by atoms with Crippen molar-refractivity contribution < 1.29 is 4.79 Å². The maximum Gasteiger partial charge on any atom is 0.242 e. The summed E-state index contributed by atoms with van der Waals surface area (Å²) >= 11 is 1.18. The van der Waals surface area contributed by atoms with Crippen molar-refractivity contribution in [3.8, 4) is 0 Å². The molecule has 0 aromatic heterocycles. The first-order valence-electron chi connectivity index (χ1n) is 4.45. The summed E-state index contributed by atoms with van der Waals surface area (Å²) in [6.07, 6.45) is 2.35. The van der Waals surface area contributed by atoms with Gasteiger partial charge in [0.15, 0.2) is 5.17 Å². The van der Waals surface area contributed by atoms with Crippen LogP contribution in [0.5, 0.6) is 0 Å². The maximum absolute atomic E-state index is 11.4. The van der Waals surface area contributed by atoms with E-state index in [1.807, 2.05) is 20.8 Å². The lowest BCUT2D eigenvalue weighted by Gasteiger charge is -2.22. The van der Waals surface area contributed by atoms with Gasteiger partial charge in [-0.25, -0.2) is 0 Å². The topological polar surface area (TPSA) is 79.0 Å². The van der Waals surface area contributed by atoms with Crippen LogP contribution in [0, 0.1) is 10.8 Å². The summed E-state index contributed by atoms with van der Waals surface area (Å²) in [6, 6.07) is -0.539. The van der Waals surface area contributed by atoms with Gasteiger partial charge in [0.25, 0.3) is 0 Å². The highest BCUT2D eigenvalue weighted by Crippen LogP contribution is 2.19. The zero-order chi connectivity index (χ0) is 11.4. The molecule has 0 fully saturated rings. The fourth-order valence-electron chi connectivity index (χ4n) is 1.01. The maximum atomic E-state index is 11.4. The number of hydrogen-bond donors (Lipinski definition) is 3. The number of rotatable bonds is 2. The summed E-state index contributed by atoms with van der Waals surface area (Å²) < 4.78 is 0. The van der Waals surface area contributed by atoms with Crippen LogP contribution in [0.3, 0.4) is 0 Å². The SMILES string of the molecule is CSC(=N)NC(=O)C(N)CC(C)(C)C. The number of nitrogens with one attached hydrogen (secondary N) is 2. The van der Waals surface area contributed by atoms with Crippen LogP contribution in [-0.4, -0.2) is 23.4 Å². The van der Waals surface area contributed by atoms with E-state index in [-0.39, 0.29) is 16.5 Å². The van der Waals surface area contributed by atoms with Crippen LogP contribution in [-0.2, 0) is 4.79 Å². The van der Waals surface area contributed by atoms with Gasteiger partial charge < -0.3 is 11.1 Å². The quantitative estimate of drug-likeness (QED) is 0.480. The second kappa shape index (κ2) is 5.36. The van der Waals surface area contributed by atoms with Crippen LogP contribution in [0.2, 0.25) is 0 Å². The molecule has 0 aliphatic rings. The van der Waals surface area contributed by atoms with E-state index >= 15 is 0 Å². The van der Waals surface area contributed by atoms with Crippen molar-refractivity contribution >= 4 is 22.8 Å². The van der Waals surface area contributed by atoms with Crippen LogP contribution in [0.15, 0.2) is 0 Å². The predicted molar refractivity (Wildman–Crippen MR) is 61.4 cm³/mol. The van der Waals surface area contributed by atoms with Crippen molar-refractivity contribution in [2.45, 2.75) is 33.2 Å². The summed E-state index contributed by atoms with van der Waals surface area (Å²) in [4.78, 5) is 11.4. The first-order chi connectivity index (χ1) is 6.26. The molecule has 0 saturated carbocycles. The number of hydrogen-bond acceptors (Lipinski definition) is 4. The fourth-order valence-corrected chi connectivity index (χ4v) is 1.21. The highest BCUT2D eigenvalue weighted by Gasteiger charge is 2.21. The van der Waals surface area contributed by atoms with Crippen LogP contribution >= 0.6 is 11.8 Å². The van der Waals surface area contributed by atoms with Crippen molar-refractivity contribution in [2.24, 2.45) is 11.1 Å². The molecule has 0 aromatic carbocycles. The molecule has 5 heteroatoms. The second-order valence-electron chi connectivity index (χ2n) is 4.39. The largest absolute Gasteiger partial charge is 0.320 e. The first-order valence-corrected chi connectivity index (χ1v) is 5.68. The third-order valence-electron chi connectivity index (χ3n) is 1.61. The van der Waals surface area contributed by atoms with Crippen LogP contribution < -0.4 is 11.1 Å². The molecular formula is C9H19N3OS. The number of amidine groups is 1. The van der Waals surface area contributed by atoms with Crippen molar-refractivity contribution in [1.29, 1.82) is 5.41 Å². The second-order valence-corrected chi connectivity index (χ2v) is 5.21. The molecular weight excluding hydrogens is 198 g/mol. The zero-order valence-corrected chi connectivity index (χ0v) is 9.99. The average Bonchev–Trinajstić information content (AvgIpc) is 2.00. The molecule has 0 rings (SSSR count). The van der Waals surface area contributed by atoms with Gasteiger partial charge in [-0.3, -0.25) is 10.2 Å². The highest BCUT2D eigenvalue weighted by molar-refractivity contribution is 8.13. The minimum Gasteiger partial charge on any atom is -0.320 e. The van der Waals surface area contributed by atoms with E-state index < -0.39 is 6.04 Å². The van der Waals surface area contributed by atoms with E-state index in [1.165, 1.54) is 11.8 Å². The van der Waals surface area contributed by atoms with Gasteiger partial charge in [-0.2, -0.15) is 0 Å². The van der Waals surface area contributed by atoms with Crippen molar-refractivity contribution in [3.63, 3.8) is 0 Å². The van der Waals surface area contributed by atoms with Crippen molar-refractivity contribution in [1.82, 2.24) is 5.32 Å². The van der Waals surface area contributed by atoms with Gasteiger partial charge in [0.1, 0.15) is 0 Å². The third kappa shape index (κ3) is 5.99.